The Bertz CT molecular complexity index is 1710. The zero-order valence-corrected chi connectivity index (χ0v) is 23.3. The van der Waals surface area contributed by atoms with E-state index in [0.717, 1.165) is 5.56 Å². The van der Waals surface area contributed by atoms with E-state index in [9.17, 15) is 30.0 Å². The summed E-state index contributed by atoms with van der Waals surface area (Å²) in [5, 5.41) is 53.9. The van der Waals surface area contributed by atoms with Gasteiger partial charge in [0, 0.05) is 30.4 Å². The summed E-state index contributed by atoms with van der Waals surface area (Å²) in [6.07, 6.45) is -2.45. The Morgan fingerprint density at radius 2 is 1.95 bits per heavy atom. The van der Waals surface area contributed by atoms with Gasteiger partial charge in [0.05, 0.1) is 36.1 Å². The van der Waals surface area contributed by atoms with Crippen LogP contribution < -0.4 is 9.64 Å². The van der Waals surface area contributed by atoms with Crippen molar-refractivity contribution in [1.82, 2.24) is 24.3 Å². The summed E-state index contributed by atoms with van der Waals surface area (Å²) in [4.78, 5) is 35.3. The van der Waals surface area contributed by atoms with E-state index in [1.807, 2.05) is 6.92 Å². The highest BCUT2D eigenvalue weighted by atomic mass is 16.7. The summed E-state index contributed by atoms with van der Waals surface area (Å²) in [5.74, 6) is -1.50. The van der Waals surface area contributed by atoms with E-state index in [1.54, 1.807) is 48.4 Å². The fourth-order valence-electron chi connectivity index (χ4n) is 4.79. The highest BCUT2D eigenvalue weighted by Gasteiger charge is 2.48. The maximum atomic E-state index is 13.8. The van der Waals surface area contributed by atoms with Gasteiger partial charge in [-0.3, -0.25) is 14.1 Å². The Morgan fingerprint density at radius 3 is 2.67 bits per heavy atom. The summed E-state index contributed by atoms with van der Waals surface area (Å²) in [7, 11) is 1.50. The predicted molar refractivity (Wildman–Crippen MR) is 149 cm³/mol. The zero-order valence-electron chi connectivity index (χ0n) is 23.3. The van der Waals surface area contributed by atoms with Crippen molar-refractivity contribution >= 4 is 28.7 Å². The lowest BCUT2D eigenvalue weighted by molar-refractivity contribution is -0.271. The van der Waals surface area contributed by atoms with Crippen LogP contribution in [-0.2, 0) is 9.53 Å². The number of carboxylic acid groups (broad SMARTS) is 1. The first-order valence-electron chi connectivity index (χ1n) is 13.2. The van der Waals surface area contributed by atoms with Crippen LogP contribution in [0.1, 0.15) is 24.9 Å². The number of nitriles is 1. The van der Waals surface area contributed by atoms with Crippen LogP contribution in [0.5, 0.6) is 5.75 Å². The van der Waals surface area contributed by atoms with Gasteiger partial charge in [-0.1, -0.05) is 6.07 Å². The first kappa shape index (κ1) is 29.6. The lowest BCUT2D eigenvalue weighted by Gasteiger charge is -2.38. The number of nitrogens with zero attached hydrogens (tertiary/aromatic N) is 7. The predicted octanol–water partition coefficient (Wildman–Crippen LogP) is 1.45. The lowest BCUT2D eigenvalue weighted by atomic mass is 9.99. The van der Waals surface area contributed by atoms with Crippen molar-refractivity contribution in [1.29, 1.82) is 5.26 Å². The molecule has 1 saturated heterocycles. The fourth-order valence-corrected chi connectivity index (χ4v) is 4.79. The third kappa shape index (κ3) is 5.51. The van der Waals surface area contributed by atoms with Crippen molar-refractivity contribution in [2.24, 2.45) is 0 Å². The van der Waals surface area contributed by atoms with E-state index >= 15 is 0 Å². The molecule has 43 heavy (non-hydrogen) atoms. The van der Waals surface area contributed by atoms with Crippen LogP contribution in [0.15, 0.2) is 49.2 Å². The molecular weight excluding hydrogens is 562 g/mol. The smallest absolute Gasteiger partial charge is 0.335 e. The molecule has 4 heterocycles. The number of carboxylic acids is 1. The standard InChI is InChI=1S/C28H29N7O8/c1-14-4-5-19(42-27-23(38)21(36)22(37)24(43-27)26(39)40)18(10-14)33(3)28(41)34-9-7-17-20(30-13-31-25(17)34)16-11-32-35(12-16)15(2)6-8-29/h4-5,7,9-13,15,21-24,27,36-38H,6H2,1-3H3,(H,39,40)/t15-,21-,22-,23+,24-,27+/m0/s1. The number of ether oxygens (including phenoxy) is 2. The van der Waals surface area contributed by atoms with Crippen LogP contribution >= 0.6 is 0 Å². The number of hydrogen-bond acceptors (Lipinski definition) is 11. The topological polar surface area (TPSA) is 209 Å². The quantitative estimate of drug-likeness (QED) is 0.241. The number of amides is 1. The van der Waals surface area contributed by atoms with Crippen LogP contribution in [0.4, 0.5) is 10.5 Å². The van der Waals surface area contributed by atoms with Crippen molar-refractivity contribution in [3.05, 3.63) is 54.7 Å². The zero-order chi connectivity index (χ0) is 31.0. The average molecular weight is 592 g/mol. The molecule has 1 aromatic carbocycles. The van der Waals surface area contributed by atoms with Crippen LogP contribution in [0, 0.1) is 18.3 Å². The number of carbonyl (C=O) groups excluding carboxylic acids is 1. The minimum Gasteiger partial charge on any atom is -0.479 e. The number of aliphatic hydroxyl groups excluding tert-OH is 3. The second-order valence-electron chi connectivity index (χ2n) is 10.2. The number of anilines is 1. The fraction of sp³-hybridized carbons (Fsp3) is 0.357. The molecule has 15 heteroatoms. The molecule has 0 spiro atoms. The summed E-state index contributed by atoms with van der Waals surface area (Å²) in [5.41, 5.74) is 2.56. The molecule has 0 unspecified atom stereocenters. The highest BCUT2D eigenvalue weighted by Crippen LogP contribution is 2.34. The SMILES string of the molecule is Cc1ccc(O[C@@H]2O[C@H](C(=O)O)[C@@H](O)[C@H](O)[C@H]2O)c(N(C)C(=O)n2ccc3c(-c4cnn([C@@H](C)CC#N)c4)ncnc32)c1. The molecule has 224 valence electrons. The van der Waals surface area contributed by atoms with E-state index in [4.69, 9.17) is 14.7 Å². The van der Waals surface area contributed by atoms with E-state index in [-0.39, 0.29) is 23.9 Å². The van der Waals surface area contributed by atoms with Crippen molar-refractivity contribution in [2.45, 2.75) is 57.0 Å². The van der Waals surface area contributed by atoms with Crippen molar-refractivity contribution in [2.75, 3.05) is 11.9 Å². The maximum Gasteiger partial charge on any atom is 0.335 e. The third-order valence-corrected chi connectivity index (χ3v) is 7.22. The number of aryl methyl sites for hydroxylation is 1. The second-order valence-corrected chi connectivity index (χ2v) is 10.2. The number of hydrogen-bond donors (Lipinski definition) is 4. The number of aliphatic hydroxyl groups is 3. The number of fused-ring (bicyclic) bond motifs is 1. The Morgan fingerprint density at radius 1 is 1.19 bits per heavy atom. The van der Waals surface area contributed by atoms with Crippen LogP contribution in [0.25, 0.3) is 22.3 Å². The van der Waals surface area contributed by atoms with Gasteiger partial charge < -0.3 is 29.9 Å². The molecular formula is C28H29N7O8. The molecule has 1 aliphatic heterocycles. The van der Waals surface area contributed by atoms with Crippen LogP contribution in [0.2, 0.25) is 0 Å². The molecule has 1 aliphatic rings. The minimum atomic E-state index is -1.88. The van der Waals surface area contributed by atoms with Crippen LogP contribution in [0.3, 0.4) is 0 Å². The monoisotopic (exact) mass is 591 g/mol. The largest absolute Gasteiger partial charge is 0.479 e. The lowest BCUT2D eigenvalue weighted by Crippen LogP contribution is -2.61. The number of rotatable bonds is 7. The van der Waals surface area contributed by atoms with Gasteiger partial charge in [-0.25, -0.2) is 19.6 Å². The number of carbonyl (C=O) groups is 2. The van der Waals surface area contributed by atoms with Gasteiger partial charge in [0.2, 0.25) is 6.29 Å². The summed E-state index contributed by atoms with van der Waals surface area (Å²) >= 11 is 0. The van der Waals surface area contributed by atoms with Gasteiger partial charge in [-0.05, 0) is 37.6 Å². The van der Waals surface area contributed by atoms with E-state index in [0.29, 0.717) is 22.3 Å². The van der Waals surface area contributed by atoms with E-state index in [2.05, 4.69) is 21.1 Å². The van der Waals surface area contributed by atoms with Crippen molar-refractivity contribution in [3.63, 3.8) is 0 Å². The molecule has 5 rings (SSSR count). The molecule has 0 saturated carbocycles. The van der Waals surface area contributed by atoms with Crippen LogP contribution in [-0.4, -0.2) is 94.5 Å². The Kier molecular flexibility index (Phi) is 8.11. The van der Waals surface area contributed by atoms with E-state index in [1.165, 1.54) is 28.9 Å². The molecule has 0 aliphatic carbocycles. The summed E-state index contributed by atoms with van der Waals surface area (Å²) in [6.45, 7) is 3.67. The summed E-state index contributed by atoms with van der Waals surface area (Å²) < 4.78 is 14.0. The number of aromatic nitrogens is 5. The molecule has 1 amide bonds. The molecule has 0 radical (unpaired) electrons. The molecule has 4 aromatic rings. The Labute approximate surface area is 244 Å². The van der Waals surface area contributed by atoms with Crippen molar-refractivity contribution < 1.29 is 39.5 Å². The molecule has 4 N–H and O–H groups in total. The Balaban J connectivity index is 1.45. The first-order chi connectivity index (χ1) is 20.5. The second kappa shape index (κ2) is 11.8. The van der Waals surface area contributed by atoms with Crippen molar-refractivity contribution in [3.8, 4) is 23.1 Å². The summed E-state index contributed by atoms with van der Waals surface area (Å²) in [6, 6.07) is 7.99. The number of aliphatic carboxylic acids is 1. The molecule has 6 atom stereocenters. The molecule has 1 fully saturated rings. The van der Waals surface area contributed by atoms with Gasteiger partial charge >= 0.3 is 12.0 Å². The van der Waals surface area contributed by atoms with Gasteiger partial charge in [-0.2, -0.15) is 10.4 Å². The van der Waals surface area contributed by atoms with Gasteiger partial charge in [0.1, 0.15) is 30.4 Å². The highest BCUT2D eigenvalue weighted by molar-refractivity contribution is 6.02. The molecule has 3 aromatic heterocycles. The first-order valence-corrected chi connectivity index (χ1v) is 13.2. The van der Waals surface area contributed by atoms with E-state index < -0.39 is 42.7 Å². The minimum absolute atomic E-state index is 0.0453. The molecule has 0 bridgehead atoms. The maximum absolute atomic E-state index is 13.8. The third-order valence-electron chi connectivity index (χ3n) is 7.22. The normalized spacial score (nSPS) is 22.6. The van der Waals surface area contributed by atoms with Gasteiger partial charge in [0.15, 0.2) is 11.8 Å². The number of benzene rings is 1. The van der Waals surface area contributed by atoms with Gasteiger partial charge in [-0.15, -0.1) is 0 Å². The molecule has 15 nitrogen and oxygen atoms in total. The Hall–Kier alpha value is -4.88. The van der Waals surface area contributed by atoms with Gasteiger partial charge in [0.25, 0.3) is 0 Å². The average Bonchev–Trinajstić information content (AvgIpc) is 3.65.